The van der Waals surface area contributed by atoms with Crippen LogP contribution in [-0.4, -0.2) is 4.98 Å². The maximum atomic E-state index is 4.66. The van der Waals surface area contributed by atoms with Gasteiger partial charge in [0, 0.05) is 5.69 Å². The number of hydrogen-bond acceptors (Lipinski definition) is 3. The van der Waals surface area contributed by atoms with E-state index in [1.165, 1.54) is 27.1 Å². The second-order valence-electron chi connectivity index (χ2n) is 4.88. The molecule has 3 rings (SSSR count). The summed E-state index contributed by atoms with van der Waals surface area (Å²) in [6.45, 7) is 6.33. The smallest absolute Gasteiger partial charge is 0.188 e. The van der Waals surface area contributed by atoms with Crippen LogP contribution in [-0.2, 0) is 0 Å². The molecule has 0 fully saturated rings. The number of aryl methyl sites for hydroxylation is 3. The van der Waals surface area contributed by atoms with Gasteiger partial charge in [-0.15, -0.1) is 0 Å². The summed E-state index contributed by atoms with van der Waals surface area (Å²) in [5, 5.41) is 4.41. The number of fused-ring (bicyclic) bond motifs is 1. The maximum absolute atomic E-state index is 4.66. The van der Waals surface area contributed by atoms with Crippen LogP contribution < -0.4 is 5.32 Å². The molecular weight excluding hydrogens is 252 g/mol. The van der Waals surface area contributed by atoms with Gasteiger partial charge in [0.25, 0.3) is 0 Å². The molecule has 0 aliphatic carbocycles. The minimum atomic E-state index is 0.956. The molecule has 2 aromatic carbocycles. The van der Waals surface area contributed by atoms with Crippen LogP contribution in [0.3, 0.4) is 0 Å². The van der Waals surface area contributed by atoms with Crippen molar-refractivity contribution in [3.63, 3.8) is 0 Å². The van der Waals surface area contributed by atoms with Gasteiger partial charge in [0.05, 0.1) is 10.2 Å². The predicted octanol–water partition coefficient (Wildman–Crippen LogP) is 4.97. The first-order valence-corrected chi connectivity index (χ1v) is 7.15. The number of rotatable bonds is 2. The fraction of sp³-hybridized carbons (Fsp3) is 0.188. The molecular formula is C16H16N2S. The number of benzene rings is 2. The van der Waals surface area contributed by atoms with Gasteiger partial charge in [-0.25, -0.2) is 4.98 Å². The van der Waals surface area contributed by atoms with Crippen molar-refractivity contribution in [3.05, 3.63) is 53.1 Å². The van der Waals surface area contributed by atoms with Gasteiger partial charge in [-0.05, 0) is 49.6 Å². The van der Waals surface area contributed by atoms with E-state index in [9.17, 15) is 0 Å². The van der Waals surface area contributed by atoms with E-state index >= 15 is 0 Å². The molecule has 0 spiro atoms. The van der Waals surface area contributed by atoms with Crippen molar-refractivity contribution in [3.8, 4) is 0 Å². The molecule has 19 heavy (non-hydrogen) atoms. The quantitative estimate of drug-likeness (QED) is 0.710. The molecule has 0 aliphatic rings. The van der Waals surface area contributed by atoms with E-state index in [-0.39, 0.29) is 0 Å². The number of nitrogens with one attached hydrogen (secondary N) is 1. The van der Waals surface area contributed by atoms with Gasteiger partial charge in [-0.3, -0.25) is 0 Å². The highest BCUT2D eigenvalue weighted by molar-refractivity contribution is 7.22. The summed E-state index contributed by atoms with van der Waals surface area (Å²) >= 11 is 1.70. The van der Waals surface area contributed by atoms with Crippen molar-refractivity contribution in [1.29, 1.82) is 0 Å². The van der Waals surface area contributed by atoms with Gasteiger partial charge in [0.1, 0.15) is 0 Å². The lowest BCUT2D eigenvalue weighted by Crippen LogP contribution is -1.95. The molecule has 3 aromatic rings. The number of nitrogens with zero attached hydrogens (tertiary/aromatic N) is 1. The predicted molar refractivity (Wildman–Crippen MR) is 83.6 cm³/mol. The number of aromatic nitrogens is 1. The molecule has 0 atom stereocenters. The molecule has 0 aliphatic heterocycles. The van der Waals surface area contributed by atoms with Crippen LogP contribution in [0.2, 0.25) is 0 Å². The first kappa shape index (κ1) is 12.2. The highest BCUT2D eigenvalue weighted by atomic mass is 32.1. The molecule has 0 saturated carbocycles. The SMILES string of the molecule is Cc1ccc2sc(Nc3c(C)cccc3C)nc2c1. The summed E-state index contributed by atoms with van der Waals surface area (Å²) in [4.78, 5) is 4.66. The standard InChI is InChI=1S/C16H16N2S/c1-10-7-8-14-13(9-10)17-16(19-14)18-15-11(2)5-4-6-12(15)3/h4-9H,1-3H3,(H,17,18). The fourth-order valence-electron chi connectivity index (χ4n) is 2.21. The Morgan fingerprint density at radius 3 is 2.47 bits per heavy atom. The average Bonchev–Trinajstić information content (AvgIpc) is 2.75. The first-order chi connectivity index (χ1) is 9.13. The summed E-state index contributed by atoms with van der Waals surface area (Å²) in [7, 11) is 0. The van der Waals surface area contributed by atoms with Gasteiger partial charge >= 0.3 is 0 Å². The Morgan fingerprint density at radius 2 is 1.74 bits per heavy atom. The number of anilines is 2. The lowest BCUT2D eigenvalue weighted by Gasteiger charge is -2.09. The van der Waals surface area contributed by atoms with E-state index in [1.54, 1.807) is 11.3 Å². The number of hydrogen-bond donors (Lipinski definition) is 1. The number of para-hydroxylation sites is 1. The fourth-order valence-corrected chi connectivity index (χ4v) is 3.06. The van der Waals surface area contributed by atoms with Gasteiger partial charge in [0.2, 0.25) is 0 Å². The third kappa shape index (κ3) is 2.34. The number of thiazole rings is 1. The maximum Gasteiger partial charge on any atom is 0.188 e. The molecule has 0 saturated heterocycles. The third-order valence-electron chi connectivity index (χ3n) is 3.26. The molecule has 1 heterocycles. The van der Waals surface area contributed by atoms with Gasteiger partial charge in [0.15, 0.2) is 5.13 Å². The first-order valence-electron chi connectivity index (χ1n) is 6.34. The lowest BCUT2D eigenvalue weighted by atomic mass is 10.1. The lowest BCUT2D eigenvalue weighted by molar-refractivity contribution is 1.34. The van der Waals surface area contributed by atoms with Crippen molar-refractivity contribution in [1.82, 2.24) is 4.98 Å². The van der Waals surface area contributed by atoms with E-state index in [0.717, 1.165) is 10.6 Å². The largest absolute Gasteiger partial charge is 0.331 e. The Morgan fingerprint density at radius 1 is 1.00 bits per heavy atom. The monoisotopic (exact) mass is 268 g/mol. The average molecular weight is 268 g/mol. The van der Waals surface area contributed by atoms with Crippen LogP contribution >= 0.6 is 11.3 Å². The van der Waals surface area contributed by atoms with Crippen LogP contribution in [0.5, 0.6) is 0 Å². The topological polar surface area (TPSA) is 24.9 Å². The molecule has 0 amide bonds. The van der Waals surface area contributed by atoms with E-state index in [2.05, 4.69) is 67.5 Å². The second-order valence-corrected chi connectivity index (χ2v) is 5.91. The summed E-state index contributed by atoms with van der Waals surface area (Å²) < 4.78 is 1.22. The van der Waals surface area contributed by atoms with Gasteiger partial charge < -0.3 is 5.32 Å². The summed E-state index contributed by atoms with van der Waals surface area (Å²) in [5.74, 6) is 0. The van der Waals surface area contributed by atoms with Crippen LogP contribution in [0.1, 0.15) is 16.7 Å². The Kier molecular flexibility index (Phi) is 2.99. The summed E-state index contributed by atoms with van der Waals surface area (Å²) in [6, 6.07) is 12.7. The molecule has 2 nitrogen and oxygen atoms in total. The third-order valence-corrected chi connectivity index (χ3v) is 4.21. The van der Waals surface area contributed by atoms with Crippen LogP contribution in [0.25, 0.3) is 10.2 Å². The zero-order valence-corrected chi connectivity index (χ0v) is 12.1. The molecule has 1 aromatic heterocycles. The van der Waals surface area contributed by atoms with Crippen molar-refractivity contribution >= 4 is 32.4 Å². The summed E-state index contributed by atoms with van der Waals surface area (Å²) in [5.41, 5.74) is 5.97. The molecule has 3 heteroatoms. The van der Waals surface area contributed by atoms with Crippen molar-refractivity contribution in [2.24, 2.45) is 0 Å². The minimum absolute atomic E-state index is 0.956. The molecule has 0 radical (unpaired) electrons. The normalized spacial score (nSPS) is 10.9. The van der Waals surface area contributed by atoms with E-state index in [1.807, 2.05) is 0 Å². The minimum Gasteiger partial charge on any atom is -0.331 e. The highest BCUT2D eigenvalue weighted by Crippen LogP contribution is 2.31. The molecule has 96 valence electrons. The molecule has 0 bridgehead atoms. The van der Waals surface area contributed by atoms with Crippen molar-refractivity contribution < 1.29 is 0 Å². The zero-order chi connectivity index (χ0) is 13.4. The highest BCUT2D eigenvalue weighted by Gasteiger charge is 2.07. The van der Waals surface area contributed by atoms with Gasteiger partial charge in [-0.1, -0.05) is 35.6 Å². The Bertz CT molecular complexity index is 723. The second kappa shape index (κ2) is 4.67. The van der Waals surface area contributed by atoms with Gasteiger partial charge in [-0.2, -0.15) is 0 Å². The Labute approximate surface area is 117 Å². The Hall–Kier alpha value is -1.87. The van der Waals surface area contributed by atoms with E-state index in [4.69, 9.17) is 0 Å². The Balaban J connectivity index is 2.01. The van der Waals surface area contributed by atoms with Crippen molar-refractivity contribution in [2.45, 2.75) is 20.8 Å². The summed E-state index contributed by atoms with van der Waals surface area (Å²) in [6.07, 6.45) is 0. The molecule has 0 unspecified atom stereocenters. The van der Waals surface area contributed by atoms with Crippen LogP contribution in [0, 0.1) is 20.8 Å². The van der Waals surface area contributed by atoms with Crippen LogP contribution in [0.4, 0.5) is 10.8 Å². The van der Waals surface area contributed by atoms with Crippen LogP contribution in [0.15, 0.2) is 36.4 Å². The molecule has 1 N–H and O–H groups in total. The van der Waals surface area contributed by atoms with E-state index in [0.29, 0.717) is 0 Å². The van der Waals surface area contributed by atoms with Crippen molar-refractivity contribution in [2.75, 3.05) is 5.32 Å². The van der Waals surface area contributed by atoms with E-state index < -0.39 is 0 Å². The zero-order valence-electron chi connectivity index (χ0n) is 11.3.